The zero-order chi connectivity index (χ0) is 23.0. The molecule has 0 bridgehead atoms. The van der Waals surface area contributed by atoms with E-state index in [0.29, 0.717) is 11.1 Å². The Balaban J connectivity index is 1.99. The van der Waals surface area contributed by atoms with Crippen molar-refractivity contribution in [2.24, 2.45) is 0 Å². The number of carbonyl (C=O) groups is 1. The van der Waals surface area contributed by atoms with Crippen molar-refractivity contribution < 1.29 is 23.0 Å². The molecule has 31 heavy (non-hydrogen) atoms. The van der Waals surface area contributed by atoms with Gasteiger partial charge in [0.2, 0.25) is 0 Å². The molecule has 0 radical (unpaired) electrons. The summed E-state index contributed by atoms with van der Waals surface area (Å²) in [7, 11) is 1.55. The molecule has 2 aromatic carbocycles. The zero-order valence-corrected chi connectivity index (χ0v) is 18.5. The zero-order valence-electron chi connectivity index (χ0n) is 18.5. The Bertz CT molecular complexity index is 1120. The maximum Gasteiger partial charge on any atom is 0.410 e. The highest BCUT2D eigenvalue weighted by molar-refractivity contribution is 5.80. The van der Waals surface area contributed by atoms with E-state index in [1.165, 1.54) is 29.3 Å². The lowest BCUT2D eigenvalue weighted by Gasteiger charge is -2.37. The Labute approximate surface area is 180 Å². The molecule has 0 saturated carbocycles. The third-order valence-corrected chi connectivity index (χ3v) is 4.96. The first-order valence-corrected chi connectivity index (χ1v) is 9.88. The number of hydrogen-bond acceptors (Lipinski definition) is 4. The maximum atomic E-state index is 15.0. The summed E-state index contributed by atoms with van der Waals surface area (Å²) in [6, 6.07) is 10.7. The van der Waals surface area contributed by atoms with Crippen LogP contribution < -0.4 is 4.74 Å². The molecule has 1 amide bonds. The molecule has 0 aliphatic heterocycles. The van der Waals surface area contributed by atoms with Crippen LogP contribution in [0.2, 0.25) is 0 Å². The van der Waals surface area contributed by atoms with Crippen molar-refractivity contribution >= 4 is 17.0 Å². The Morgan fingerprint density at radius 2 is 1.65 bits per heavy atom. The van der Waals surface area contributed by atoms with E-state index < -0.39 is 28.9 Å². The molecule has 5 nitrogen and oxygen atoms in total. The van der Waals surface area contributed by atoms with Crippen LogP contribution in [0.15, 0.2) is 48.7 Å². The molecule has 0 atom stereocenters. The minimum Gasteiger partial charge on any atom is -0.455 e. The molecular formula is C24H26F2N2O3. The smallest absolute Gasteiger partial charge is 0.410 e. The molecule has 0 saturated heterocycles. The summed E-state index contributed by atoms with van der Waals surface area (Å²) in [5.74, 6) is -0.424. The molecular weight excluding hydrogens is 402 g/mol. The summed E-state index contributed by atoms with van der Waals surface area (Å²) in [6.07, 6.45) is 0.791. The number of hydrogen-bond donors (Lipinski definition) is 0. The predicted molar refractivity (Wildman–Crippen MR) is 115 cm³/mol. The number of halogens is 2. The standard InChI is InChI=1S/C24H26F2N2O3/c1-23(2,3)31-22(29)28(6)24(4,5)20-17(25)10-8-12-19(20)30-16-13-15-9-7-11-18(26)21(15)27-14-16/h7-14H,1-6H3. The first-order valence-electron chi connectivity index (χ1n) is 9.88. The highest BCUT2D eigenvalue weighted by Gasteiger charge is 2.37. The van der Waals surface area contributed by atoms with Crippen molar-refractivity contribution in [1.29, 1.82) is 0 Å². The quantitative estimate of drug-likeness (QED) is 0.482. The van der Waals surface area contributed by atoms with E-state index in [9.17, 15) is 13.6 Å². The molecule has 3 rings (SSSR count). The number of rotatable bonds is 4. The molecule has 164 valence electrons. The van der Waals surface area contributed by atoms with Crippen molar-refractivity contribution in [1.82, 2.24) is 9.88 Å². The van der Waals surface area contributed by atoms with Crippen LogP contribution in [0.3, 0.4) is 0 Å². The van der Waals surface area contributed by atoms with Crippen molar-refractivity contribution in [2.75, 3.05) is 7.05 Å². The van der Waals surface area contributed by atoms with Gasteiger partial charge in [-0.3, -0.25) is 0 Å². The number of aromatic nitrogens is 1. The van der Waals surface area contributed by atoms with E-state index in [1.807, 2.05) is 0 Å². The topological polar surface area (TPSA) is 51.7 Å². The van der Waals surface area contributed by atoms with E-state index in [4.69, 9.17) is 9.47 Å². The molecule has 0 N–H and O–H groups in total. The number of amides is 1. The van der Waals surface area contributed by atoms with Crippen molar-refractivity contribution in [3.63, 3.8) is 0 Å². The van der Waals surface area contributed by atoms with Gasteiger partial charge in [-0.05, 0) is 58.9 Å². The second-order valence-electron chi connectivity index (χ2n) is 8.80. The second-order valence-corrected chi connectivity index (χ2v) is 8.80. The average Bonchev–Trinajstić information content (AvgIpc) is 2.66. The Hall–Kier alpha value is -3.22. The number of pyridine rings is 1. The minimum absolute atomic E-state index is 0.183. The van der Waals surface area contributed by atoms with E-state index in [1.54, 1.807) is 65.9 Å². The molecule has 0 fully saturated rings. The Morgan fingerprint density at radius 3 is 2.32 bits per heavy atom. The number of benzene rings is 2. The van der Waals surface area contributed by atoms with Crippen LogP contribution in [0.4, 0.5) is 13.6 Å². The van der Waals surface area contributed by atoms with Gasteiger partial charge >= 0.3 is 6.09 Å². The first kappa shape index (κ1) is 22.5. The first-order chi connectivity index (χ1) is 14.4. The lowest BCUT2D eigenvalue weighted by Crippen LogP contribution is -2.45. The highest BCUT2D eigenvalue weighted by Crippen LogP contribution is 2.39. The van der Waals surface area contributed by atoms with Gasteiger partial charge in [0.25, 0.3) is 0 Å². The summed E-state index contributed by atoms with van der Waals surface area (Å²) in [4.78, 5) is 18.1. The lowest BCUT2D eigenvalue weighted by atomic mass is 9.91. The predicted octanol–water partition coefficient (Wildman–Crippen LogP) is 6.41. The molecule has 1 aromatic heterocycles. The van der Waals surface area contributed by atoms with Crippen LogP contribution in [0, 0.1) is 11.6 Å². The molecule has 7 heteroatoms. The SMILES string of the molecule is CN(C(=O)OC(C)(C)C)C(C)(C)c1c(F)cccc1Oc1cnc2c(F)cccc2c1. The third kappa shape index (κ3) is 4.76. The fourth-order valence-corrected chi connectivity index (χ4v) is 3.20. The summed E-state index contributed by atoms with van der Waals surface area (Å²) in [5.41, 5.74) is -1.39. The van der Waals surface area contributed by atoms with Gasteiger partial charge in [0.1, 0.15) is 34.3 Å². The summed E-state index contributed by atoms with van der Waals surface area (Å²) in [5, 5.41) is 0.556. The van der Waals surface area contributed by atoms with Crippen LogP contribution in [0.25, 0.3) is 10.9 Å². The van der Waals surface area contributed by atoms with Crippen molar-refractivity contribution in [3.05, 3.63) is 65.9 Å². The van der Waals surface area contributed by atoms with Gasteiger partial charge in [-0.25, -0.2) is 18.6 Å². The fraction of sp³-hybridized carbons (Fsp3) is 0.333. The Morgan fingerprint density at radius 1 is 1.00 bits per heavy atom. The largest absolute Gasteiger partial charge is 0.455 e. The van der Waals surface area contributed by atoms with Gasteiger partial charge < -0.3 is 14.4 Å². The summed E-state index contributed by atoms with van der Waals surface area (Å²) in [6.45, 7) is 8.70. The van der Waals surface area contributed by atoms with Crippen LogP contribution in [-0.2, 0) is 10.3 Å². The molecule has 3 aromatic rings. The van der Waals surface area contributed by atoms with E-state index >= 15 is 0 Å². The van der Waals surface area contributed by atoms with Gasteiger partial charge in [0.05, 0.1) is 17.3 Å². The number of ether oxygens (including phenoxy) is 2. The van der Waals surface area contributed by atoms with Gasteiger partial charge in [0, 0.05) is 12.4 Å². The maximum absolute atomic E-state index is 15.0. The van der Waals surface area contributed by atoms with Crippen LogP contribution in [0.1, 0.15) is 40.2 Å². The van der Waals surface area contributed by atoms with Crippen molar-refractivity contribution in [2.45, 2.75) is 45.8 Å². The normalized spacial score (nSPS) is 12.0. The van der Waals surface area contributed by atoms with Gasteiger partial charge in [0.15, 0.2) is 0 Å². The molecule has 0 aliphatic rings. The van der Waals surface area contributed by atoms with Gasteiger partial charge in [-0.15, -0.1) is 0 Å². The third-order valence-electron chi connectivity index (χ3n) is 4.96. The van der Waals surface area contributed by atoms with Gasteiger partial charge in [-0.2, -0.15) is 0 Å². The molecule has 0 spiro atoms. The molecule has 1 heterocycles. The van der Waals surface area contributed by atoms with E-state index in [2.05, 4.69) is 4.98 Å². The fourth-order valence-electron chi connectivity index (χ4n) is 3.20. The average molecular weight is 428 g/mol. The second kappa shape index (κ2) is 8.13. The molecule has 0 aliphatic carbocycles. The summed E-state index contributed by atoms with van der Waals surface area (Å²) < 4.78 is 40.3. The minimum atomic E-state index is -1.10. The number of carbonyl (C=O) groups excluding carboxylic acids is 1. The lowest BCUT2D eigenvalue weighted by molar-refractivity contribution is 0.00962. The van der Waals surface area contributed by atoms with E-state index in [-0.39, 0.29) is 16.8 Å². The van der Waals surface area contributed by atoms with Crippen molar-refractivity contribution in [3.8, 4) is 11.5 Å². The number of nitrogens with zero attached hydrogens (tertiary/aromatic N) is 2. The van der Waals surface area contributed by atoms with Crippen LogP contribution in [-0.4, -0.2) is 28.6 Å². The highest BCUT2D eigenvalue weighted by atomic mass is 19.1. The van der Waals surface area contributed by atoms with E-state index in [0.717, 1.165) is 0 Å². The molecule has 0 unspecified atom stereocenters. The van der Waals surface area contributed by atoms with Gasteiger partial charge in [-0.1, -0.05) is 18.2 Å². The van der Waals surface area contributed by atoms with Crippen LogP contribution >= 0.6 is 0 Å². The monoisotopic (exact) mass is 428 g/mol. The summed E-state index contributed by atoms with van der Waals surface area (Å²) >= 11 is 0. The Kier molecular flexibility index (Phi) is 5.89. The van der Waals surface area contributed by atoms with Crippen LogP contribution in [0.5, 0.6) is 11.5 Å². The number of fused-ring (bicyclic) bond motifs is 1. The number of para-hydroxylation sites is 1.